The Labute approximate surface area is 307 Å². The third-order valence-electron chi connectivity index (χ3n) is 14.4. The van der Waals surface area contributed by atoms with Crippen LogP contribution in [-0.4, -0.2) is 58.7 Å². The molecule has 1 aromatic heterocycles. The molecule has 2 aliphatic heterocycles. The molecule has 2 aromatic carbocycles. The molecule has 3 heterocycles. The van der Waals surface area contributed by atoms with Crippen LogP contribution >= 0.6 is 0 Å². The largest absolute Gasteiger partial charge is 0.453 e. The van der Waals surface area contributed by atoms with Gasteiger partial charge in [0.05, 0.1) is 37.0 Å². The lowest BCUT2D eigenvalue weighted by Crippen LogP contribution is -2.50. The first-order chi connectivity index (χ1) is 24.9. The number of nitrogens with one attached hydrogen (secondary N) is 2. The fraction of sp³-hybridized carbons (Fsp3) is 0.605. The van der Waals surface area contributed by atoms with Crippen molar-refractivity contribution in [2.75, 3.05) is 19.0 Å². The summed E-state index contributed by atoms with van der Waals surface area (Å²) in [5.74, 6) is 3.88. The van der Waals surface area contributed by atoms with Crippen molar-refractivity contribution >= 4 is 28.9 Å². The van der Waals surface area contributed by atoms with Crippen LogP contribution in [0.5, 0.6) is 0 Å². The highest BCUT2D eigenvalue weighted by atomic mass is 16.7. The number of amides is 1. The number of rotatable bonds is 3. The fourth-order valence-corrected chi connectivity index (χ4v) is 11.6. The number of benzene rings is 2. The van der Waals surface area contributed by atoms with E-state index in [1.165, 1.54) is 45.6 Å². The molecule has 3 N–H and O–H groups in total. The second-order valence-corrected chi connectivity index (χ2v) is 17.3. The van der Waals surface area contributed by atoms with Crippen molar-refractivity contribution in [2.24, 2.45) is 46.3 Å². The summed E-state index contributed by atoms with van der Waals surface area (Å²) in [4.78, 5) is 30.7. The van der Waals surface area contributed by atoms with E-state index in [0.29, 0.717) is 62.8 Å². The van der Waals surface area contributed by atoms with Crippen molar-refractivity contribution in [1.29, 1.82) is 0 Å². The van der Waals surface area contributed by atoms with E-state index >= 15 is 0 Å². The lowest BCUT2D eigenvalue weighted by Gasteiger charge is -2.57. The predicted molar refractivity (Wildman–Crippen MR) is 200 cm³/mol. The second kappa shape index (κ2) is 13.4. The molecule has 6 aliphatic rings. The van der Waals surface area contributed by atoms with E-state index in [0.717, 1.165) is 37.7 Å². The molecule has 0 bridgehead atoms. The number of methoxy groups -OCH3 is 1. The maximum absolute atomic E-state index is 12.4. The molecule has 3 saturated carbocycles. The molecule has 9 rings (SSSR count). The Kier molecular flexibility index (Phi) is 9.15. The number of fused-ring (bicyclic) bond motifs is 8. The van der Waals surface area contributed by atoms with Crippen molar-refractivity contribution in [3.05, 3.63) is 71.3 Å². The Morgan fingerprint density at radius 1 is 1.00 bits per heavy atom. The molecule has 1 amide bonds. The van der Waals surface area contributed by atoms with Crippen molar-refractivity contribution in [2.45, 2.75) is 103 Å². The zero-order valence-corrected chi connectivity index (χ0v) is 31.3. The minimum atomic E-state index is -0.611. The van der Waals surface area contributed by atoms with Gasteiger partial charge in [0.15, 0.2) is 11.6 Å². The number of anilines is 1. The van der Waals surface area contributed by atoms with Crippen molar-refractivity contribution in [1.82, 2.24) is 9.97 Å². The molecular formula is C43H55N3O6. The van der Waals surface area contributed by atoms with E-state index in [1.54, 1.807) is 35.9 Å². The van der Waals surface area contributed by atoms with E-state index in [9.17, 15) is 14.7 Å². The van der Waals surface area contributed by atoms with Crippen molar-refractivity contribution in [3.63, 3.8) is 0 Å². The number of aromatic nitrogens is 2. The van der Waals surface area contributed by atoms with Crippen LogP contribution in [0.1, 0.15) is 101 Å². The van der Waals surface area contributed by atoms with Crippen LogP contribution in [0.4, 0.5) is 10.7 Å². The van der Waals surface area contributed by atoms with Crippen LogP contribution in [0.25, 0.3) is 11.0 Å². The van der Waals surface area contributed by atoms with E-state index in [1.807, 2.05) is 18.2 Å². The monoisotopic (exact) mass is 709 g/mol. The highest BCUT2D eigenvalue weighted by Crippen LogP contribution is 2.69. The van der Waals surface area contributed by atoms with Crippen molar-refractivity contribution < 1.29 is 28.9 Å². The SMILES string of the molecule is CC1CCC2(OC1)OC1CC3C4CCC5CC(O)CCC5(C)C4=CCC3(C)C1C2C.COC(=O)Nc1nc2ccc(C(=O)c3ccccc3)cc2[nH]1. The molecule has 278 valence electrons. The molecule has 52 heavy (non-hydrogen) atoms. The number of aromatic amines is 1. The lowest BCUT2D eigenvalue weighted by atomic mass is 9.48. The first-order valence-electron chi connectivity index (χ1n) is 19.6. The van der Waals surface area contributed by atoms with E-state index in [4.69, 9.17) is 9.47 Å². The van der Waals surface area contributed by atoms with E-state index in [2.05, 4.69) is 53.8 Å². The maximum atomic E-state index is 12.4. The predicted octanol–water partition coefficient (Wildman–Crippen LogP) is 8.69. The normalized spacial score (nSPS) is 38.9. The second-order valence-electron chi connectivity index (χ2n) is 17.3. The molecule has 1 spiro atoms. The standard InChI is InChI=1S/C27H42O3.C16H13N3O3/c1-16-7-12-27(29-15-16)17(2)24-23(30-27)14-22-20-6-5-18-13-19(28)8-10-25(18,3)21(20)9-11-26(22,24)4;1-22-16(21)19-15-17-12-8-7-11(9-13(12)18-15)14(20)10-5-3-2-4-6-10/h9,16-20,22-24,28H,5-8,10-15H2,1-4H3;2-9H,1H3,(H2,17,18,19,21). The maximum Gasteiger partial charge on any atom is 0.413 e. The Balaban J connectivity index is 0.000000157. The minimum absolute atomic E-state index is 0.0661. The van der Waals surface area contributed by atoms with Gasteiger partial charge in [-0.1, -0.05) is 69.7 Å². The van der Waals surface area contributed by atoms with Crippen LogP contribution < -0.4 is 5.32 Å². The number of H-pyrrole nitrogens is 1. The molecular weight excluding hydrogens is 654 g/mol. The number of nitrogens with zero attached hydrogens (tertiary/aromatic N) is 1. The molecule has 11 atom stereocenters. The van der Waals surface area contributed by atoms with Gasteiger partial charge in [0, 0.05) is 23.5 Å². The van der Waals surface area contributed by atoms with Gasteiger partial charge in [-0.15, -0.1) is 0 Å². The lowest BCUT2D eigenvalue weighted by molar-refractivity contribution is -0.272. The first kappa shape index (κ1) is 35.5. The molecule has 0 radical (unpaired) electrons. The van der Waals surface area contributed by atoms with Gasteiger partial charge in [0.2, 0.25) is 5.95 Å². The van der Waals surface area contributed by atoms with Crippen LogP contribution in [-0.2, 0) is 14.2 Å². The van der Waals surface area contributed by atoms with Gasteiger partial charge in [0.25, 0.3) is 0 Å². The summed E-state index contributed by atoms with van der Waals surface area (Å²) < 4.78 is 17.8. The highest BCUT2D eigenvalue weighted by Gasteiger charge is 2.67. The number of ether oxygens (including phenoxy) is 3. The summed E-state index contributed by atoms with van der Waals surface area (Å²) in [7, 11) is 1.27. The van der Waals surface area contributed by atoms with Crippen LogP contribution in [0.2, 0.25) is 0 Å². The summed E-state index contributed by atoms with van der Waals surface area (Å²) in [5, 5.41) is 12.7. The quantitative estimate of drug-likeness (QED) is 0.184. The van der Waals surface area contributed by atoms with E-state index < -0.39 is 6.09 Å². The number of carbonyl (C=O) groups excluding carboxylic acids is 2. The molecule has 5 fully saturated rings. The number of aliphatic hydroxyl groups is 1. The Hall–Kier alpha value is -3.53. The number of imidazole rings is 1. The Morgan fingerprint density at radius 3 is 2.56 bits per heavy atom. The third kappa shape index (κ3) is 5.91. The Bertz CT molecular complexity index is 1850. The Morgan fingerprint density at radius 2 is 1.81 bits per heavy atom. The van der Waals surface area contributed by atoms with Crippen LogP contribution in [0.15, 0.2) is 60.2 Å². The summed E-state index contributed by atoms with van der Waals surface area (Å²) in [5.41, 5.74) is 4.94. The zero-order valence-electron chi connectivity index (χ0n) is 31.3. The number of hydrogen-bond acceptors (Lipinski definition) is 7. The van der Waals surface area contributed by atoms with Crippen LogP contribution in [0.3, 0.4) is 0 Å². The fourth-order valence-electron chi connectivity index (χ4n) is 11.6. The summed E-state index contributed by atoms with van der Waals surface area (Å²) in [6, 6.07) is 14.2. The van der Waals surface area contributed by atoms with Gasteiger partial charge in [0.1, 0.15) is 0 Å². The molecule has 2 saturated heterocycles. The van der Waals surface area contributed by atoms with Gasteiger partial charge >= 0.3 is 6.09 Å². The third-order valence-corrected chi connectivity index (χ3v) is 14.4. The number of allylic oxidation sites excluding steroid dienone is 2. The number of carbonyl (C=O) groups is 2. The average molecular weight is 710 g/mol. The van der Waals surface area contributed by atoms with Gasteiger partial charge in [-0.3, -0.25) is 10.1 Å². The average Bonchev–Trinajstić information content (AvgIpc) is 3.77. The summed E-state index contributed by atoms with van der Waals surface area (Å²) in [6.45, 7) is 10.7. The van der Waals surface area contributed by atoms with Gasteiger partial charge in [-0.25, -0.2) is 9.78 Å². The smallest absolute Gasteiger partial charge is 0.413 e. The molecule has 9 heteroatoms. The zero-order chi connectivity index (χ0) is 36.4. The first-order valence-corrected chi connectivity index (χ1v) is 19.6. The van der Waals surface area contributed by atoms with E-state index in [-0.39, 0.29) is 23.6 Å². The van der Waals surface area contributed by atoms with Gasteiger partial charge in [-0.05, 0) is 110 Å². The van der Waals surface area contributed by atoms with Crippen molar-refractivity contribution in [3.8, 4) is 0 Å². The number of ketones is 1. The molecule has 11 unspecified atom stereocenters. The van der Waals surface area contributed by atoms with Crippen LogP contribution in [0, 0.1) is 46.3 Å². The molecule has 3 aromatic rings. The molecule has 9 nitrogen and oxygen atoms in total. The highest BCUT2D eigenvalue weighted by molar-refractivity contribution is 6.10. The number of hydrogen-bond donors (Lipinski definition) is 3. The van der Waals surface area contributed by atoms with Gasteiger partial charge < -0.3 is 24.3 Å². The number of aliphatic hydroxyl groups excluding tert-OH is 1. The topological polar surface area (TPSA) is 123 Å². The summed E-state index contributed by atoms with van der Waals surface area (Å²) >= 11 is 0. The minimum Gasteiger partial charge on any atom is -0.453 e. The molecule has 4 aliphatic carbocycles. The summed E-state index contributed by atoms with van der Waals surface area (Å²) in [6.07, 6.45) is 13.0. The van der Waals surface area contributed by atoms with Gasteiger partial charge in [-0.2, -0.15) is 0 Å².